The molecule has 0 unspecified atom stereocenters. The monoisotopic (exact) mass is 293 g/mol. The highest BCUT2D eigenvalue weighted by atomic mass is 32.2. The van der Waals surface area contributed by atoms with Gasteiger partial charge in [0.1, 0.15) is 0 Å². The summed E-state index contributed by atoms with van der Waals surface area (Å²) in [5.41, 5.74) is -0.309. The third-order valence-electron chi connectivity index (χ3n) is 3.66. The SMILES string of the molecule is C[C@@H]1CN(C(=O)C[C@](C)(O)c2ccccc2)C[C@H](C)S1. The molecule has 0 aliphatic carbocycles. The van der Waals surface area contributed by atoms with E-state index in [4.69, 9.17) is 0 Å². The van der Waals surface area contributed by atoms with Gasteiger partial charge < -0.3 is 10.0 Å². The van der Waals surface area contributed by atoms with Crippen LogP contribution in [0.15, 0.2) is 30.3 Å². The minimum atomic E-state index is -1.10. The molecule has 110 valence electrons. The number of rotatable bonds is 3. The Bertz CT molecular complexity index is 451. The third-order valence-corrected chi connectivity index (χ3v) is 4.89. The second-order valence-corrected chi connectivity index (χ2v) is 7.75. The Hall–Kier alpha value is -1.00. The number of carbonyl (C=O) groups is 1. The number of hydrogen-bond acceptors (Lipinski definition) is 3. The van der Waals surface area contributed by atoms with Crippen molar-refractivity contribution in [1.82, 2.24) is 4.90 Å². The Morgan fingerprint density at radius 2 is 1.85 bits per heavy atom. The van der Waals surface area contributed by atoms with Crippen molar-refractivity contribution in [1.29, 1.82) is 0 Å². The van der Waals surface area contributed by atoms with Crippen LogP contribution in [0.25, 0.3) is 0 Å². The summed E-state index contributed by atoms with van der Waals surface area (Å²) in [7, 11) is 0. The summed E-state index contributed by atoms with van der Waals surface area (Å²) >= 11 is 1.92. The van der Waals surface area contributed by atoms with Crippen molar-refractivity contribution in [2.75, 3.05) is 13.1 Å². The lowest BCUT2D eigenvalue weighted by Gasteiger charge is -2.36. The first kappa shape index (κ1) is 15.4. The fraction of sp³-hybridized carbons (Fsp3) is 0.562. The van der Waals surface area contributed by atoms with Gasteiger partial charge in [0.2, 0.25) is 5.91 Å². The average Bonchev–Trinajstić information content (AvgIpc) is 2.38. The zero-order valence-corrected chi connectivity index (χ0v) is 13.2. The predicted molar refractivity (Wildman–Crippen MR) is 83.7 cm³/mol. The van der Waals surface area contributed by atoms with Gasteiger partial charge in [0.05, 0.1) is 12.0 Å². The molecular weight excluding hydrogens is 270 g/mol. The van der Waals surface area contributed by atoms with E-state index in [2.05, 4.69) is 13.8 Å². The molecule has 1 saturated heterocycles. The van der Waals surface area contributed by atoms with Crippen LogP contribution in [-0.2, 0) is 10.4 Å². The first-order valence-electron chi connectivity index (χ1n) is 7.09. The summed E-state index contributed by atoms with van der Waals surface area (Å²) in [5, 5.41) is 11.5. The lowest BCUT2D eigenvalue weighted by Crippen LogP contribution is -2.46. The molecule has 0 radical (unpaired) electrons. The molecule has 0 bridgehead atoms. The molecule has 1 amide bonds. The minimum absolute atomic E-state index is 0.0397. The van der Waals surface area contributed by atoms with Gasteiger partial charge in [-0.2, -0.15) is 11.8 Å². The van der Waals surface area contributed by atoms with E-state index in [1.165, 1.54) is 0 Å². The molecule has 1 aliphatic heterocycles. The first-order chi connectivity index (χ1) is 9.38. The van der Waals surface area contributed by atoms with Gasteiger partial charge in [-0.3, -0.25) is 4.79 Å². The molecule has 3 nitrogen and oxygen atoms in total. The maximum Gasteiger partial charge on any atom is 0.225 e. The van der Waals surface area contributed by atoms with E-state index in [0.717, 1.165) is 18.7 Å². The minimum Gasteiger partial charge on any atom is -0.385 e. The van der Waals surface area contributed by atoms with Crippen molar-refractivity contribution in [2.24, 2.45) is 0 Å². The molecule has 4 heteroatoms. The highest BCUT2D eigenvalue weighted by Crippen LogP contribution is 2.28. The lowest BCUT2D eigenvalue weighted by atomic mass is 9.92. The standard InChI is InChI=1S/C16H23NO2S/c1-12-10-17(11-13(2)20-12)15(18)9-16(3,19)14-7-5-4-6-8-14/h4-8,12-13,19H,9-11H2,1-3H3/t12-,13+,16-/m0/s1. The summed E-state index contributed by atoms with van der Waals surface area (Å²) in [4.78, 5) is 14.3. The molecule has 1 N–H and O–H groups in total. The highest BCUT2D eigenvalue weighted by Gasteiger charge is 2.32. The molecule has 0 spiro atoms. The van der Waals surface area contributed by atoms with Crippen molar-refractivity contribution in [3.05, 3.63) is 35.9 Å². The van der Waals surface area contributed by atoms with Gasteiger partial charge in [-0.15, -0.1) is 0 Å². The zero-order chi connectivity index (χ0) is 14.8. The lowest BCUT2D eigenvalue weighted by molar-refractivity contribution is -0.136. The van der Waals surface area contributed by atoms with Crippen LogP contribution in [0.5, 0.6) is 0 Å². The molecule has 20 heavy (non-hydrogen) atoms. The summed E-state index contributed by atoms with van der Waals surface area (Å²) in [6.45, 7) is 7.56. The molecule has 0 aromatic heterocycles. The van der Waals surface area contributed by atoms with E-state index in [-0.39, 0.29) is 12.3 Å². The van der Waals surface area contributed by atoms with Crippen LogP contribution in [0.3, 0.4) is 0 Å². The van der Waals surface area contributed by atoms with Crippen LogP contribution in [-0.4, -0.2) is 39.5 Å². The molecule has 1 heterocycles. The van der Waals surface area contributed by atoms with Gasteiger partial charge in [-0.1, -0.05) is 44.2 Å². The molecule has 0 saturated carbocycles. The van der Waals surface area contributed by atoms with E-state index in [9.17, 15) is 9.90 Å². The van der Waals surface area contributed by atoms with Gasteiger partial charge in [0.25, 0.3) is 0 Å². The fourth-order valence-corrected chi connectivity index (χ4v) is 4.01. The molecule has 2 rings (SSSR count). The quantitative estimate of drug-likeness (QED) is 0.931. The summed E-state index contributed by atoms with van der Waals surface area (Å²) in [6.07, 6.45) is 0.140. The van der Waals surface area contributed by atoms with Gasteiger partial charge in [0.15, 0.2) is 0 Å². The Morgan fingerprint density at radius 3 is 2.40 bits per heavy atom. The zero-order valence-electron chi connectivity index (χ0n) is 12.4. The topological polar surface area (TPSA) is 40.5 Å². The van der Waals surface area contributed by atoms with Crippen LogP contribution in [0.4, 0.5) is 0 Å². The average molecular weight is 293 g/mol. The first-order valence-corrected chi connectivity index (χ1v) is 8.04. The van der Waals surface area contributed by atoms with Crippen molar-refractivity contribution < 1.29 is 9.90 Å². The van der Waals surface area contributed by atoms with Crippen molar-refractivity contribution >= 4 is 17.7 Å². The van der Waals surface area contributed by atoms with Crippen molar-refractivity contribution in [2.45, 2.75) is 43.3 Å². The largest absolute Gasteiger partial charge is 0.385 e. The van der Waals surface area contributed by atoms with Crippen LogP contribution >= 0.6 is 11.8 Å². The van der Waals surface area contributed by atoms with Crippen LogP contribution in [0.2, 0.25) is 0 Å². The Balaban J connectivity index is 2.03. The maximum atomic E-state index is 12.4. The van der Waals surface area contributed by atoms with Crippen molar-refractivity contribution in [3.63, 3.8) is 0 Å². The van der Waals surface area contributed by atoms with E-state index >= 15 is 0 Å². The Morgan fingerprint density at radius 1 is 1.30 bits per heavy atom. The second-order valence-electron chi connectivity index (χ2n) is 5.87. The normalized spacial score (nSPS) is 26.1. The molecule has 1 aromatic rings. The number of benzene rings is 1. The Labute approximate surface area is 125 Å². The number of hydrogen-bond donors (Lipinski definition) is 1. The van der Waals surface area contributed by atoms with Gasteiger partial charge in [-0.05, 0) is 12.5 Å². The van der Waals surface area contributed by atoms with E-state index < -0.39 is 5.60 Å². The van der Waals surface area contributed by atoms with E-state index in [0.29, 0.717) is 10.5 Å². The summed E-state index contributed by atoms with van der Waals surface area (Å²) < 4.78 is 0. The summed E-state index contributed by atoms with van der Waals surface area (Å²) in [6, 6.07) is 9.41. The fourth-order valence-electron chi connectivity index (χ4n) is 2.69. The number of amides is 1. The molecule has 1 aromatic carbocycles. The van der Waals surface area contributed by atoms with Crippen molar-refractivity contribution in [3.8, 4) is 0 Å². The molecule has 1 aliphatic rings. The smallest absolute Gasteiger partial charge is 0.225 e. The number of thioether (sulfide) groups is 1. The third kappa shape index (κ3) is 3.76. The van der Waals surface area contributed by atoms with Gasteiger partial charge >= 0.3 is 0 Å². The highest BCUT2D eigenvalue weighted by molar-refractivity contribution is 8.00. The van der Waals surface area contributed by atoms with Crippen LogP contribution < -0.4 is 0 Å². The van der Waals surface area contributed by atoms with Gasteiger partial charge in [-0.25, -0.2) is 0 Å². The Kier molecular flexibility index (Phi) is 4.76. The molecule has 1 fully saturated rings. The number of nitrogens with zero attached hydrogens (tertiary/aromatic N) is 1. The maximum absolute atomic E-state index is 12.4. The van der Waals surface area contributed by atoms with Gasteiger partial charge in [0, 0.05) is 23.6 Å². The van der Waals surface area contributed by atoms with Crippen LogP contribution in [0.1, 0.15) is 32.8 Å². The predicted octanol–water partition coefficient (Wildman–Crippen LogP) is 2.64. The van der Waals surface area contributed by atoms with E-state index in [1.54, 1.807) is 6.92 Å². The molecule has 3 atom stereocenters. The van der Waals surface area contributed by atoms with E-state index in [1.807, 2.05) is 47.0 Å². The number of aliphatic hydroxyl groups is 1. The second kappa shape index (κ2) is 6.19. The molecular formula is C16H23NO2S. The summed E-state index contributed by atoms with van der Waals surface area (Å²) in [5.74, 6) is 0.0397. The van der Waals surface area contributed by atoms with Crippen LogP contribution in [0, 0.1) is 0 Å². The number of carbonyl (C=O) groups excluding carboxylic acids is 1.